The number of aliphatic hydroxyl groups excluding tert-OH is 1. The molecular formula is C31H41N3O5. The summed E-state index contributed by atoms with van der Waals surface area (Å²) in [6.07, 6.45) is 6.21. The van der Waals surface area contributed by atoms with E-state index in [4.69, 9.17) is 14.5 Å². The van der Waals surface area contributed by atoms with Crippen LogP contribution in [0.1, 0.15) is 82.0 Å². The first-order valence-electron chi connectivity index (χ1n) is 14.2. The lowest BCUT2D eigenvalue weighted by molar-refractivity contribution is -0.148. The van der Waals surface area contributed by atoms with Gasteiger partial charge in [0.1, 0.15) is 5.60 Å². The maximum Gasteiger partial charge on any atom is 0.306 e. The number of nitrogens with zero attached hydrogens (tertiary/aromatic N) is 1. The summed E-state index contributed by atoms with van der Waals surface area (Å²) in [6.45, 7) is 6.93. The van der Waals surface area contributed by atoms with Crippen LogP contribution in [0.2, 0.25) is 0 Å². The number of esters is 1. The van der Waals surface area contributed by atoms with Gasteiger partial charge in [-0.15, -0.1) is 0 Å². The van der Waals surface area contributed by atoms with Crippen molar-refractivity contribution in [3.05, 3.63) is 59.3 Å². The molecule has 1 saturated heterocycles. The third-order valence-electron chi connectivity index (χ3n) is 8.04. The van der Waals surface area contributed by atoms with Crippen molar-refractivity contribution in [1.29, 1.82) is 0 Å². The highest BCUT2D eigenvalue weighted by atomic mass is 16.6. The molecule has 0 unspecified atom stereocenters. The van der Waals surface area contributed by atoms with Crippen LogP contribution >= 0.6 is 0 Å². The number of hydrogen-bond acceptors (Lipinski definition) is 7. The second-order valence-electron chi connectivity index (χ2n) is 12.7. The summed E-state index contributed by atoms with van der Waals surface area (Å²) in [4.78, 5) is 29.2. The molecule has 2 aliphatic heterocycles. The molecule has 3 aliphatic rings. The minimum absolute atomic E-state index is 0.0139. The van der Waals surface area contributed by atoms with Crippen LogP contribution in [0, 0.1) is 5.41 Å². The van der Waals surface area contributed by atoms with E-state index in [1.807, 2.05) is 36.5 Å². The molecule has 1 saturated carbocycles. The molecule has 2 aromatic rings. The highest BCUT2D eigenvalue weighted by molar-refractivity contribution is 5.86. The molecule has 4 atom stereocenters. The average molecular weight is 536 g/mol. The molecule has 1 aromatic heterocycles. The van der Waals surface area contributed by atoms with E-state index in [1.165, 1.54) is 5.56 Å². The number of ether oxygens (including phenoxy) is 2. The van der Waals surface area contributed by atoms with E-state index in [2.05, 4.69) is 37.5 Å². The predicted octanol–water partition coefficient (Wildman–Crippen LogP) is 3.80. The van der Waals surface area contributed by atoms with Gasteiger partial charge in [0.25, 0.3) is 5.91 Å². The van der Waals surface area contributed by atoms with Gasteiger partial charge in [-0.05, 0) is 54.7 Å². The summed E-state index contributed by atoms with van der Waals surface area (Å²) in [5.74, 6) is -0.0380. The van der Waals surface area contributed by atoms with Gasteiger partial charge in [-0.1, -0.05) is 51.1 Å². The second-order valence-corrected chi connectivity index (χ2v) is 12.7. The fourth-order valence-corrected chi connectivity index (χ4v) is 5.89. The van der Waals surface area contributed by atoms with Gasteiger partial charge in [0, 0.05) is 43.6 Å². The number of pyridine rings is 1. The Kier molecular flexibility index (Phi) is 7.96. The smallest absolute Gasteiger partial charge is 0.306 e. The largest absolute Gasteiger partial charge is 0.471 e. The van der Waals surface area contributed by atoms with E-state index >= 15 is 0 Å². The number of aliphatic hydroxyl groups is 1. The van der Waals surface area contributed by atoms with Gasteiger partial charge in [0.2, 0.25) is 5.88 Å². The number of nitrogens with one attached hydrogen (secondary N) is 2. The molecule has 0 bridgehead atoms. The fraction of sp³-hybridized carbons (Fsp3) is 0.581. The van der Waals surface area contributed by atoms with Crippen LogP contribution < -0.4 is 15.4 Å². The molecule has 3 heterocycles. The molecule has 2 fully saturated rings. The maximum atomic E-state index is 12.9. The number of hydrogen-bond donors (Lipinski definition) is 3. The zero-order chi connectivity index (χ0) is 27.6. The Morgan fingerprint density at radius 3 is 2.62 bits per heavy atom. The molecule has 1 aromatic carbocycles. The number of benzene rings is 1. The summed E-state index contributed by atoms with van der Waals surface area (Å²) >= 11 is 0. The van der Waals surface area contributed by atoms with Gasteiger partial charge in [-0.25, -0.2) is 4.98 Å². The number of carbonyl (C=O) groups excluding carboxylic acids is 2. The van der Waals surface area contributed by atoms with Gasteiger partial charge in [0.05, 0.1) is 12.1 Å². The molecule has 5 rings (SSSR count). The summed E-state index contributed by atoms with van der Waals surface area (Å²) in [5.41, 5.74) is 3.14. The van der Waals surface area contributed by atoms with Crippen LogP contribution in [0.25, 0.3) is 0 Å². The van der Waals surface area contributed by atoms with Gasteiger partial charge in [-0.3, -0.25) is 9.59 Å². The van der Waals surface area contributed by atoms with Crippen molar-refractivity contribution in [2.45, 2.75) is 102 Å². The van der Waals surface area contributed by atoms with Crippen molar-refractivity contribution in [1.82, 2.24) is 15.6 Å². The van der Waals surface area contributed by atoms with Gasteiger partial charge in [0.15, 0.2) is 6.10 Å². The lowest BCUT2D eigenvalue weighted by Gasteiger charge is -2.47. The van der Waals surface area contributed by atoms with Crippen LogP contribution in [0.4, 0.5) is 0 Å². The van der Waals surface area contributed by atoms with Crippen LogP contribution in [0.5, 0.6) is 5.88 Å². The van der Waals surface area contributed by atoms with Crippen molar-refractivity contribution in [3.8, 4) is 5.88 Å². The van der Waals surface area contributed by atoms with Crippen LogP contribution in [0.3, 0.4) is 0 Å². The highest BCUT2D eigenvalue weighted by Gasteiger charge is 2.46. The summed E-state index contributed by atoms with van der Waals surface area (Å²) < 4.78 is 11.6. The lowest BCUT2D eigenvalue weighted by atomic mass is 9.73. The molecule has 1 amide bonds. The van der Waals surface area contributed by atoms with Crippen LogP contribution in [0.15, 0.2) is 42.6 Å². The highest BCUT2D eigenvalue weighted by Crippen LogP contribution is 2.48. The van der Waals surface area contributed by atoms with E-state index < -0.39 is 18.2 Å². The Morgan fingerprint density at radius 1 is 1.21 bits per heavy atom. The standard InChI is InChI=1S/C31H41N3O5/c1-30(2,3)16-21-14-22-24(17-31(12-7-13-31)39-29(22)33-18-21)32-19-25(35)23(15-20-8-5-4-6-9-20)34-28(37)26-10-11-27(36)38-26/h4-6,8-9,14,18,23-26,32,35H,7,10-13,15-17,19H2,1-3H3,(H,34,37)/t23-,24-,25-,26+/m0/s1. The summed E-state index contributed by atoms with van der Waals surface area (Å²) in [5, 5.41) is 17.9. The topological polar surface area (TPSA) is 110 Å². The first kappa shape index (κ1) is 27.6. The Bertz CT molecular complexity index is 1170. The van der Waals surface area contributed by atoms with E-state index in [-0.39, 0.29) is 41.9 Å². The normalized spacial score (nSPS) is 23.2. The zero-order valence-corrected chi connectivity index (χ0v) is 23.2. The minimum Gasteiger partial charge on any atom is -0.471 e. The number of rotatable bonds is 9. The number of aromatic nitrogens is 1. The maximum absolute atomic E-state index is 12.9. The first-order valence-corrected chi connectivity index (χ1v) is 14.2. The van der Waals surface area contributed by atoms with Crippen molar-refractivity contribution in [2.75, 3.05) is 6.54 Å². The van der Waals surface area contributed by atoms with Gasteiger partial charge in [-0.2, -0.15) is 0 Å². The van der Waals surface area contributed by atoms with Crippen LogP contribution in [-0.2, 0) is 27.2 Å². The van der Waals surface area contributed by atoms with E-state index in [0.717, 1.165) is 43.2 Å². The van der Waals surface area contributed by atoms with E-state index in [1.54, 1.807) is 0 Å². The molecule has 8 heteroatoms. The summed E-state index contributed by atoms with van der Waals surface area (Å²) in [6, 6.07) is 11.4. The first-order chi connectivity index (χ1) is 18.6. The molecular weight excluding hydrogens is 494 g/mol. The third-order valence-corrected chi connectivity index (χ3v) is 8.04. The third kappa shape index (κ3) is 6.79. The second kappa shape index (κ2) is 11.3. The van der Waals surface area contributed by atoms with E-state index in [0.29, 0.717) is 18.7 Å². The molecule has 0 radical (unpaired) electrons. The van der Waals surface area contributed by atoms with Gasteiger partial charge < -0.3 is 25.2 Å². The average Bonchev–Trinajstić information content (AvgIpc) is 3.31. The Hall–Kier alpha value is -2.97. The predicted molar refractivity (Wildman–Crippen MR) is 147 cm³/mol. The fourth-order valence-electron chi connectivity index (χ4n) is 5.89. The number of amides is 1. The van der Waals surface area contributed by atoms with Crippen molar-refractivity contribution in [3.63, 3.8) is 0 Å². The number of fused-ring (bicyclic) bond motifs is 1. The molecule has 8 nitrogen and oxygen atoms in total. The monoisotopic (exact) mass is 535 g/mol. The Balaban J connectivity index is 1.31. The molecule has 210 valence electrons. The van der Waals surface area contributed by atoms with Crippen molar-refractivity contribution in [2.24, 2.45) is 5.41 Å². The molecule has 3 N–H and O–H groups in total. The Labute approximate surface area is 230 Å². The number of carbonyl (C=O) groups is 2. The minimum atomic E-state index is -0.861. The SMILES string of the molecule is CC(C)(C)Cc1cnc2c(c1)[C@@H](NC[C@H](O)[C@H](Cc1ccccc1)NC(=O)[C@H]1CCC(=O)O1)CC1(CCC1)O2. The molecule has 1 aliphatic carbocycles. The summed E-state index contributed by atoms with van der Waals surface area (Å²) in [7, 11) is 0. The lowest BCUT2D eigenvalue weighted by Crippen LogP contribution is -2.53. The molecule has 39 heavy (non-hydrogen) atoms. The van der Waals surface area contributed by atoms with Crippen molar-refractivity contribution >= 4 is 11.9 Å². The zero-order valence-electron chi connectivity index (χ0n) is 23.2. The van der Waals surface area contributed by atoms with Gasteiger partial charge >= 0.3 is 5.97 Å². The van der Waals surface area contributed by atoms with Crippen LogP contribution in [-0.4, -0.2) is 52.4 Å². The Morgan fingerprint density at radius 2 is 1.97 bits per heavy atom. The molecule has 1 spiro atoms. The van der Waals surface area contributed by atoms with Crippen molar-refractivity contribution < 1.29 is 24.2 Å². The quantitative estimate of drug-likeness (QED) is 0.419. The van der Waals surface area contributed by atoms with E-state index in [9.17, 15) is 14.7 Å². The number of cyclic esters (lactones) is 1.